The summed E-state index contributed by atoms with van der Waals surface area (Å²) in [4.78, 5) is 26.5. The van der Waals surface area contributed by atoms with Crippen molar-refractivity contribution in [1.29, 1.82) is 0 Å². The van der Waals surface area contributed by atoms with Gasteiger partial charge in [0, 0.05) is 18.7 Å². The van der Waals surface area contributed by atoms with E-state index in [1.54, 1.807) is 0 Å². The van der Waals surface area contributed by atoms with Gasteiger partial charge in [-0.15, -0.1) is 0 Å². The van der Waals surface area contributed by atoms with Crippen molar-refractivity contribution >= 4 is 11.9 Å². The molecule has 41 heavy (non-hydrogen) atoms. The molecule has 0 aliphatic carbocycles. The van der Waals surface area contributed by atoms with Crippen molar-refractivity contribution in [3.8, 4) is 0 Å². The molecule has 1 aromatic rings. The number of benzene rings is 1. The summed E-state index contributed by atoms with van der Waals surface area (Å²) >= 11 is 0. The Bertz CT molecular complexity index is 882. The van der Waals surface area contributed by atoms with Gasteiger partial charge in [0.1, 0.15) is 5.82 Å². The number of unbranched alkanes of at least 4 members (excludes halogenated alkanes) is 16. The van der Waals surface area contributed by atoms with Crippen LogP contribution >= 0.6 is 0 Å². The van der Waals surface area contributed by atoms with Crippen LogP contribution < -0.4 is 0 Å². The minimum absolute atomic E-state index is 0.129. The predicted octanol–water partition coefficient (Wildman–Crippen LogP) is 9.89. The smallest absolute Gasteiger partial charge is 0.419 e. The van der Waals surface area contributed by atoms with Crippen molar-refractivity contribution in [2.75, 3.05) is 19.7 Å². The Labute approximate surface area is 244 Å². The van der Waals surface area contributed by atoms with Crippen molar-refractivity contribution in [2.24, 2.45) is 5.92 Å². The first-order chi connectivity index (χ1) is 19.7. The van der Waals surface area contributed by atoms with Crippen LogP contribution in [0.5, 0.6) is 0 Å². The van der Waals surface area contributed by atoms with Gasteiger partial charge in [0.15, 0.2) is 0 Å². The Hall–Kier alpha value is -2.12. The van der Waals surface area contributed by atoms with Crippen molar-refractivity contribution in [1.82, 2.24) is 4.90 Å². The van der Waals surface area contributed by atoms with E-state index in [4.69, 9.17) is 4.74 Å². The number of piperidine rings is 1. The Kier molecular flexibility index (Phi) is 17.0. The summed E-state index contributed by atoms with van der Waals surface area (Å²) in [6.07, 6.45) is 18.0. The molecule has 0 bridgehead atoms. The zero-order valence-corrected chi connectivity index (χ0v) is 25.0. The van der Waals surface area contributed by atoms with Crippen LogP contribution in [-0.2, 0) is 15.7 Å². The zero-order chi connectivity index (χ0) is 29.9. The molecular weight excluding hydrogens is 534 g/mol. The minimum atomic E-state index is -4.81. The Balaban J connectivity index is 1.44. The lowest BCUT2D eigenvalue weighted by atomic mass is 9.96. The summed E-state index contributed by atoms with van der Waals surface area (Å²) in [5, 5.41) is 0. The number of carbonyl (C=O) groups excluding carboxylic acids is 2. The molecular formula is C33H51F4NO3. The lowest BCUT2D eigenvalue weighted by molar-refractivity contribution is -0.150. The molecule has 1 aliphatic heterocycles. The monoisotopic (exact) mass is 585 g/mol. The highest BCUT2D eigenvalue weighted by Crippen LogP contribution is 2.32. The Morgan fingerprint density at radius 3 is 1.68 bits per heavy atom. The maximum absolute atomic E-state index is 13.8. The van der Waals surface area contributed by atoms with Gasteiger partial charge in [-0.1, -0.05) is 110 Å². The molecule has 8 heteroatoms. The number of hydrogen-bond donors (Lipinski definition) is 0. The molecule has 0 N–H and O–H groups in total. The number of amides is 1. The average Bonchev–Trinajstić information content (AvgIpc) is 2.95. The van der Waals surface area contributed by atoms with E-state index >= 15 is 0 Å². The van der Waals surface area contributed by atoms with E-state index in [1.165, 1.54) is 94.8 Å². The maximum Gasteiger partial charge on any atom is 0.419 e. The van der Waals surface area contributed by atoms with E-state index in [0.717, 1.165) is 25.3 Å². The number of rotatable bonds is 20. The second kappa shape index (κ2) is 19.9. The fraction of sp³-hybridized carbons (Fsp3) is 0.758. The summed E-state index contributed by atoms with van der Waals surface area (Å²) < 4.78 is 57.6. The first kappa shape index (κ1) is 35.1. The number of esters is 1. The van der Waals surface area contributed by atoms with Crippen LogP contribution in [0.4, 0.5) is 17.6 Å². The van der Waals surface area contributed by atoms with Crippen molar-refractivity contribution in [2.45, 2.75) is 135 Å². The molecule has 0 aromatic heterocycles. The van der Waals surface area contributed by atoms with Crippen molar-refractivity contribution < 1.29 is 31.9 Å². The summed E-state index contributed by atoms with van der Waals surface area (Å²) in [7, 11) is 0. The van der Waals surface area contributed by atoms with E-state index in [2.05, 4.69) is 6.92 Å². The zero-order valence-electron chi connectivity index (χ0n) is 25.0. The molecule has 2 rings (SSSR count). The molecule has 1 aromatic carbocycles. The van der Waals surface area contributed by atoms with Crippen LogP contribution in [0.25, 0.3) is 0 Å². The molecule has 0 unspecified atom stereocenters. The second-order valence-corrected chi connectivity index (χ2v) is 11.6. The van der Waals surface area contributed by atoms with Crippen molar-refractivity contribution in [3.05, 3.63) is 35.1 Å². The van der Waals surface area contributed by atoms with Gasteiger partial charge >= 0.3 is 12.1 Å². The van der Waals surface area contributed by atoms with E-state index in [9.17, 15) is 27.2 Å². The van der Waals surface area contributed by atoms with Crippen LogP contribution in [-0.4, -0.2) is 36.5 Å². The van der Waals surface area contributed by atoms with Crippen LogP contribution in [0.15, 0.2) is 18.2 Å². The fourth-order valence-corrected chi connectivity index (χ4v) is 5.50. The molecule has 0 atom stereocenters. The highest BCUT2D eigenvalue weighted by Gasteiger charge is 2.35. The normalized spacial score (nSPS) is 14.4. The van der Waals surface area contributed by atoms with Gasteiger partial charge in [0.25, 0.3) is 5.91 Å². The molecule has 1 aliphatic rings. The van der Waals surface area contributed by atoms with Crippen LogP contribution in [0, 0.1) is 11.7 Å². The summed E-state index contributed by atoms with van der Waals surface area (Å²) in [6.45, 7) is 3.22. The number of likely N-dealkylation sites (tertiary alicyclic amines) is 1. The molecule has 0 radical (unpaired) electrons. The fourth-order valence-electron chi connectivity index (χ4n) is 5.50. The standard InChI is InChI=1S/C33H51F4NO3/c1-2-3-4-5-6-7-8-9-10-11-12-13-14-15-16-17-18-25-41-32(40)27-21-23-38(24-22-27)31(39)28-19-20-29(30(34)26-28)33(35,36)37/h19-20,26-27H,2-18,21-25H2,1H3. The highest BCUT2D eigenvalue weighted by molar-refractivity contribution is 5.94. The SMILES string of the molecule is CCCCCCCCCCCCCCCCCCCOC(=O)C1CCN(C(=O)c2ccc(C(F)(F)F)c(F)c2)CC1. The highest BCUT2D eigenvalue weighted by atomic mass is 19.4. The van der Waals surface area contributed by atoms with Crippen LogP contribution in [0.1, 0.15) is 145 Å². The van der Waals surface area contributed by atoms with Gasteiger partial charge in [-0.2, -0.15) is 13.2 Å². The number of ether oxygens (including phenoxy) is 1. The third-order valence-electron chi connectivity index (χ3n) is 8.13. The van der Waals surface area contributed by atoms with E-state index in [-0.39, 0.29) is 30.5 Å². The lowest BCUT2D eigenvalue weighted by Gasteiger charge is -2.31. The van der Waals surface area contributed by atoms with Gasteiger partial charge < -0.3 is 9.64 Å². The van der Waals surface area contributed by atoms with Gasteiger partial charge in [-0.05, 0) is 37.5 Å². The quantitative estimate of drug-likeness (QED) is 0.0869. The molecule has 1 fully saturated rings. The summed E-state index contributed by atoms with van der Waals surface area (Å²) in [5.41, 5.74) is -1.52. The molecule has 1 amide bonds. The Morgan fingerprint density at radius 2 is 1.24 bits per heavy atom. The predicted molar refractivity (Wildman–Crippen MR) is 155 cm³/mol. The van der Waals surface area contributed by atoms with E-state index in [1.807, 2.05) is 0 Å². The maximum atomic E-state index is 13.8. The average molecular weight is 586 g/mol. The summed E-state index contributed by atoms with van der Waals surface area (Å²) in [5.74, 6) is -2.55. The first-order valence-corrected chi connectivity index (χ1v) is 16.1. The molecule has 0 saturated carbocycles. The molecule has 4 nitrogen and oxygen atoms in total. The molecule has 1 saturated heterocycles. The number of nitrogens with zero attached hydrogens (tertiary/aromatic N) is 1. The van der Waals surface area contributed by atoms with Gasteiger partial charge in [-0.25, -0.2) is 4.39 Å². The molecule has 0 spiro atoms. The van der Waals surface area contributed by atoms with Gasteiger partial charge in [0.05, 0.1) is 18.1 Å². The third kappa shape index (κ3) is 14.1. The first-order valence-electron chi connectivity index (χ1n) is 16.1. The minimum Gasteiger partial charge on any atom is -0.465 e. The number of alkyl halides is 3. The lowest BCUT2D eigenvalue weighted by Crippen LogP contribution is -2.40. The van der Waals surface area contributed by atoms with E-state index in [0.29, 0.717) is 31.6 Å². The van der Waals surface area contributed by atoms with Crippen molar-refractivity contribution in [3.63, 3.8) is 0 Å². The van der Waals surface area contributed by atoms with E-state index < -0.39 is 23.5 Å². The van der Waals surface area contributed by atoms with Gasteiger partial charge in [0.2, 0.25) is 0 Å². The topological polar surface area (TPSA) is 46.6 Å². The van der Waals surface area contributed by atoms with Crippen LogP contribution in [0.2, 0.25) is 0 Å². The van der Waals surface area contributed by atoms with Crippen LogP contribution in [0.3, 0.4) is 0 Å². The molecule has 234 valence electrons. The number of halogens is 4. The number of carbonyl (C=O) groups is 2. The third-order valence-corrected chi connectivity index (χ3v) is 8.13. The Morgan fingerprint density at radius 1 is 0.780 bits per heavy atom. The molecule has 1 heterocycles. The van der Waals surface area contributed by atoms with Gasteiger partial charge in [-0.3, -0.25) is 9.59 Å². The number of hydrogen-bond acceptors (Lipinski definition) is 3. The summed E-state index contributed by atoms with van der Waals surface area (Å²) in [6, 6.07) is 2.21. The second-order valence-electron chi connectivity index (χ2n) is 11.6. The largest absolute Gasteiger partial charge is 0.465 e.